The number of anilines is 1. The molecule has 0 bridgehead atoms. The molecule has 1 amide bonds. The number of rotatable bonds is 5. The topological polar surface area (TPSA) is 44.4 Å². The molecule has 1 aromatic carbocycles. The summed E-state index contributed by atoms with van der Waals surface area (Å²) in [6.45, 7) is 2.45. The van der Waals surface area contributed by atoms with E-state index in [1.807, 2.05) is 0 Å². The van der Waals surface area contributed by atoms with E-state index in [9.17, 15) is 9.18 Å². The Morgan fingerprint density at radius 3 is 2.95 bits per heavy atom. The molecule has 2 N–H and O–H groups in total. The molecular weight excluding hydrogens is 257 g/mol. The fraction of sp³-hybridized carbons (Fsp3) is 0.533. The van der Waals surface area contributed by atoms with Gasteiger partial charge >= 0.3 is 0 Å². The van der Waals surface area contributed by atoms with Crippen molar-refractivity contribution in [3.05, 3.63) is 30.1 Å². The van der Waals surface area contributed by atoms with Gasteiger partial charge < -0.3 is 10.6 Å². The molecule has 5 heteroatoms. The summed E-state index contributed by atoms with van der Waals surface area (Å²) in [5.41, 5.74) is 0.503. The summed E-state index contributed by atoms with van der Waals surface area (Å²) in [7, 11) is 0. The van der Waals surface area contributed by atoms with Crippen LogP contribution in [0.3, 0.4) is 0 Å². The molecule has 1 heterocycles. The van der Waals surface area contributed by atoms with Crippen molar-refractivity contribution in [2.45, 2.75) is 31.3 Å². The maximum absolute atomic E-state index is 13.0. The molecule has 1 saturated carbocycles. The Morgan fingerprint density at radius 2 is 2.20 bits per heavy atom. The van der Waals surface area contributed by atoms with E-state index in [1.54, 1.807) is 12.1 Å². The highest BCUT2D eigenvalue weighted by Gasteiger charge is 2.34. The molecule has 108 valence electrons. The number of amides is 1. The van der Waals surface area contributed by atoms with Crippen LogP contribution >= 0.6 is 0 Å². The number of halogens is 1. The van der Waals surface area contributed by atoms with Gasteiger partial charge in [0.2, 0.25) is 5.91 Å². The normalized spacial score (nSPS) is 22.9. The van der Waals surface area contributed by atoms with Crippen LogP contribution in [0.1, 0.15) is 19.3 Å². The number of likely N-dealkylation sites (tertiary alicyclic amines) is 1. The molecule has 2 fully saturated rings. The summed E-state index contributed by atoms with van der Waals surface area (Å²) in [5, 5.41) is 5.98. The molecule has 1 saturated heterocycles. The van der Waals surface area contributed by atoms with Gasteiger partial charge in [-0.3, -0.25) is 9.69 Å². The Labute approximate surface area is 118 Å². The third kappa shape index (κ3) is 3.55. The molecular formula is C15H20FN3O. The standard InChI is InChI=1S/C15H20FN3O/c16-11-2-1-3-12(8-11)18-15(20)9-17-13-6-7-19(10-13)14-4-5-14/h1-3,8,13-14,17H,4-7,9-10H2,(H,18,20). The van der Waals surface area contributed by atoms with E-state index in [4.69, 9.17) is 0 Å². The lowest BCUT2D eigenvalue weighted by Crippen LogP contribution is -2.38. The monoisotopic (exact) mass is 277 g/mol. The van der Waals surface area contributed by atoms with Crippen LogP contribution in [0.25, 0.3) is 0 Å². The third-order valence-corrected chi connectivity index (χ3v) is 3.94. The van der Waals surface area contributed by atoms with Crippen LogP contribution in [-0.4, -0.2) is 42.5 Å². The van der Waals surface area contributed by atoms with E-state index in [0.717, 1.165) is 25.6 Å². The second-order valence-corrected chi connectivity index (χ2v) is 5.65. The van der Waals surface area contributed by atoms with Crippen LogP contribution in [0.15, 0.2) is 24.3 Å². The molecule has 0 radical (unpaired) electrons. The maximum atomic E-state index is 13.0. The average molecular weight is 277 g/mol. The Kier molecular flexibility index (Phi) is 3.98. The van der Waals surface area contributed by atoms with Gasteiger partial charge in [-0.25, -0.2) is 4.39 Å². The highest BCUT2D eigenvalue weighted by molar-refractivity contribution is 5.92. The first-order chi connectivity index (χ1) is 9.70. The van der Waals surface area contributed by atoms with Crippen molar-refractivity contribution in [1.29, 1.82) is 0 Å². The van der Waals surface area contributed by atoms with Crippen molar-refractivity contribution >= 4 is 11.6 Å². The molecule has 3 rings (SSSR count). The lowest BCUT2D eigenvalue weighted by atomic mass is 10.2. The number of benzene rings is 1. The van der Waals surface area contributed by atoms with Gasteiger partial charge in [0, 0.05) is 30.9 Å². The number of carbonyl (C=O) groups is 1. The zero-order valence-corrected chi connectivity index (χ0v) is 11.4. The molecule has 1 aliphatic heterocycles. The first-order valence-electron chi connectivity index (χ1n) is 7.23. The number of carbonyl (C=O) groups excluding carboxylic acids is 1. The van der Waals surface area contributed by atoms with Crippen molar-refractivity contribution in [1.82, 2.24) is 10.2 Å². The molecule has 1 unspecified atom stereocenters. The Balaban J connectivity index is 1.41. The number of nitrogens with one attached hydrogen (secondary N) is 2. The van der Waals surface area contributed by atoms with Crippen LogP contribution < -0.4 is 10.6 Å². The SMILES string of the molecule is O=C(CNC1CCN(C2CC2)C1)Nc1cccc(F)c1. The second-order valence-electron chi connectivity index (χ2n) is 5.65. The number of hydrogen-bond donors (Lipinski definition) is 2. The van der Waals surface area contributed by atoms with E-state index in [2.05, 4.69) is 15.5 Å². The summed E-state index contributed by atoms with van der Waals surface area (Å²) < 4.78 is 13.0. The van der Waals surface area contributed by atoms with Crippen molar-refractivity contribution in [3.63, 3.8) is 0 Å². The number of nitrogens with zero attached hydrogens (tertiary/aromatic N) is 1. The van der Waals surface area contributed by atoms with Crippen molar-refractivity contribution in [3.8, 4) is 0 Å². The van der Waals surface area contributed by atoms with Gasteiger partial charge in [0.15, 0.2) is 0 Å². The molecule has 1 atom stereocenters. The van der Waals surface area contributed by atoms with E-state index < -0.39 is 0 Å². The maximum Gasteiger partial charge on any atom is 0.238 e. The van der Waals surface area contributed by atoms with Gasteiger partial charge in [-0.05, 0) is 37.5 Å². The van der Waals surface area contributed by atoms with Gasteiger partial charge in [0.05, 0.1) is 6.54 Å². The Hall–Kier alpha value is -1.46. The van der Waals surface area contributed by atoms with Gasteiger partial charge in [-0.1, -0.05) is 6.07 Å². The average Bonchev–Trinajstić information content (AvgIpc) is 3.16. The lowest BCUT2D eigenvalue weighted by molar-refractivity contribution is -0.115. The van der Waals surface area contributed by atoms with Crippen LogP contribution in [-0.2, 0) is 4.79 Å². The second kappa shape index (κ2) is 5.89. The quantitative estimate of drug-likeness (QED) is 0.859. The molecule has 0 spiro atoms. The fourth-order valence-corrected chi connectivity index (χ4v) is 2.73. The molecule has 20 heavy (non-hydrogen) atoms. The number of hydrogen-bond acceptors (Lipinski definition) is 3. The van der Waals surface area contributed by atoms with Gasteiger partial charge in [-0.15, -0.1) is 0 Å². The summed E-state index contributed by atoms with van der Waals surface area (Å²) >= 11 is 0. The van der Waals surface area contributed by atoms with Gasteiger partial charge in [-0.2, -0.15) is 0 Å². The van der Waals surface area contributed by atoms with Crippen LogP contribution in [0.4, 0.5) is 10.1 Å². The molecule has 0 aromatic heterocycles. The van der Waals surface area contributed by atoms with E-state index in [1.165, 1.54) is 25.0 Å². The van der Waals surface area contributed by atoms with Crippen molar-refractivity contribution in [2.75, 3.05) is 25.0 Å². The summed E-state index contributed by atoms with van der Waals surface area (Å²) in [6, 6.07) is 7.15. The van der Waals surface area contributed by atoms with Crippen LogP contribution in [0, 0.1) is 5.82 Å². The minimum Gasteiger partial charge on any atom is -0.325 e. The fourth-order valence-electron chi connectivity index (χ4n) is 2.73. The minimum atomic E-state index is -0.341. The van der Waals surface area contributed by atoms with E-state index in [-0.39, 0.29) is 18.3 Å². The first kappa shape index (κ1) is 13.5. The van der Waals surface area contributed by atoms with Gasteiger partial charge in [0.25, 0.3) is 0 Å². The Bertz CT molecular complexity index is 490. The third-order valence-electron chi connectivity index (χ3n) is 3.94. The summed E-state index contributed by atoms with van der Waals surface area (Å²) in [5.74, 6) is -0.466. The Morgan fingerprint density at radius 1 is 1.35 bits per heavy atom. The first-order valence-corrected chi connectivity index (χ1v) is 7.23. The predicted molar refractivity (Wildman–Crippen MR) is 76.0 cm³/mol. The molecule has 2 aliphatic rings. The minimum absolute atomic E-state index is 0.125. The molecule has 1 aliphatic carbocycles. The molecule has 4 nitrogen and oxygen atoms in total. The smallest absolute Gasteiger partial charge is 0.238 e. The van der Waals surface area contributed by atoms with E-state index in [0.29, 0.717) is 11.7 Å². The zero-order valence-electron chi connectivity index (χ0n) is 11.4. The highest BCUT2D eigenvalue weighted by Crippen LogP contribution is 2.29. The van der Waals surface area contributed by atoms with Gasteiger partial charge in [0.1, 0.15) is 5.82 Å². The van der Waals surface area contributed by atoms with Crippen LogP contribution in [0.2, 0.25) is 0 Å². The predicted octanol–water partition coefficient (Wildman–Crippen LogP) is 1.59. The van der Waals surface area contributed by atoms with Crippen molar-refractivity contribution in [2.24, 2.45) is 0 Å². The zero-order chi connectivity index (χ0) is 13.9. The summed E-state index contributed by atoms with van der Waals surface area (Å²) in [6.07, 6.45) is 3.75. The summed E-state index contributed by atoms with van der Waals surface area (Å²) in [4.78, 5) is 14.3. The molecule has 1 aromatic rings. The van der Waals surface area contributed by atoms with E-state index >= 15 is 0 Å². The highest BCUT2D eigenvalue weighted by atomic mass is 19.1. The largest absolute Gasteiger partial charge is 0.325 e. The van der Waals surface area contributed by atoms with Crippen LogP contribution in [0.5, 0.6) is 0 Å². The van der Waals surface area contributed by atoms with Crippen molar-refractivity contribution < 1.29 is 9.18 Å². The lowest BCUT2D eigenvalue weighted by Gasteiger charge is -2.15.